The highest BCUT2D eigenvalue weighted by molar-refractivity contribution is 6.30. The number of hydrogen-bond donors (Lipinski definition) is 1. The molecule has 7 heteroatoms. The van der Waals surface area contributed by atoms with Gasteiger partial charge in [0.1, 0.15) is 0 Å². The van der Waals surface area contributed by atoms with E-state index in [9.17, 15) is 4.79 Å². The minimum absolute atomic E-state index is 0.0915. The van der Waals surface area contributed by atoms with Gasteiger partial charge in [-0.15, -0.1) is 5.10 Å². The maximum atomic E-state index is 12.4. The number of carbonyl (C=O) groups is 1. The van der Waals surface area contributed by atoms with Crippen molar-refractivity contribution in [3.63, 3.8) is 0 Å². The van der Waals surface area contributed by atoms with Crippen molar-refractivity contribution >= 4 is 17.5 Å². The molecule has 0 radical (unpaired) electrons. The lowest BCUT2D eigenvalue weighted by molar-refractivity contribution is 0.0782. The predicted molar refractivity (Wildman–Crippen MR) is 79.4 cm³/mol. The number of likely N-dealkylation sites (tertiary alicyclic amines) is 1. The molecule has 0 spiro atoms. The van der Waals surface area contributed by atoms with Gasteiger partial charge in [0.25, 0.3) is 5.91 Å². The number of carbonyl (C=O) groups excluding carboxylic acids is 1. The third kappa shape index (κ3) is 2.91. The molecule has 21 heavy (non-hydrogen) atoms. The van der Waals surface area contributed by atoms with Crippen LogP contribution in [0.4, 0.5) is 0 Å². The average molecular weight is 306 g/mol. The first kappa shape index (κ1) is 14.0. The number of benzene rings is 1. The van der Waals surface area contributed by atoms with Crippen molar-refractivity contribution in [1.82, 2.24) is 19.9 Å². The summed E-state index contributed by atoms with van der Waals surface area (Å²) in [7, 11) is 0. The van der Waals surface area contributed by atoms with Gasteiger partial charge in [0.2, 0.25) is 0 Å². The quantitative estimate of drug-likeness (QED) is 0.928. The van der Waals surface area contributed by atoms with Crippen LogP contribution >= 0.6 is 11.6 Å². The zero-order valence-corrected chi connectivity index (χ0v) is 12.2. The highest BCUT2D eigenvalue weighted by Gasteiger charge is 2.27. The van der Waals surface area contributed by atoms with Crippen molar-refractivity contribution in [2.24, 2.45) is 11.7 Å². The fourth-order valence-corrected chi connectivity index (χ4v) is 2.58. The Kier molecular flexibility index (Phi) is 3.90. The van der Waals surface area contributed by atoms with Crippen LogP contribution in [-0.4, -0.2) is 45.4 Å². The van der Waals surface area contributed by atoms with Gasteiger partial charge >= 0.3 is 0 Å². The topological polar surface area (TPSA) is 77.0 Å². The van der Waals surface area contributed by atoms with E-state index < -0.39 is 0 Å². The Labute approximate surface area is 127 Å². The number of halogens is 1. The largest absolute Gasteiger partial charge is 0.337 e. The molecule has 1 aromatic carbocycles. The zero-order valence-electron chi connectivity index (χ0n) is 11.4. The summed E-state index contributed by atoms with van der Waals surface area (Å²) >= 11 is 5.85. The van der Waals surface area contributed by atoms with E-state index >= 15 is 0 Å². The third-order valence-corrected chi connectivity index (χ3v) is 3.96. The van der Waals surface area contributed by atoms with Crippen molar-refractivity contribution < 1.29 is 4.79 Å². The maximum Gasteiger partial charge on any atom is 0.276 e. The third-order valence-electron chi connectivity index (χ3n) is 3.71. The highest BCUT2D eigenvalue weighted by atomic mass is 35.5. The van der Waals surface area contributed by atoms with Gasteiger partial charge in [-0.2, -0.15) is 0 Å². The van der Waals surface area contributed by atoms with Crippen LogP contribution in [0.2, 0.25) is 5.02 Å². The van der Waals surface area contributed by atoms with Gasteiger partial charge in [0, 0.05) is 18.1 Å². The van der Waals surface area contributed by atoms with Crippen LogP contribution in [0.15, 0.2) is 30.5 Å². The summed E-state index contributed by atoms with van der Waals surface area (Å²) in [6.07, 6.45) is 2.59. The molecule has 1 aromatic heterocycles. The maximum absolute atomic E-state index is 12.4. The van der Waals surface area contributed by atoms with Gasteiger partial charge in [-0.25, -0.2) is 4.68 Å². The number of nitrogens with two attached hydrogens (primary N) is 1. The normalized spacial score (nSPS) is 18.2. The summed E-state index contributed by atoms with van der Waals surface area (Å²) in [4.78, 5) is 14.1. The van der Waals surface area contributed by atoms with Crippen molar-refractivity contribution in [1.29, 1.82) is 0 Å². The molecule has 6 nitrogen and oxygen atoms in total. The summed E-state index contributed by atoms with van der Waals surface area (Å²) in [6.45, 7) is 2.04. The van der Waals surface area contributed by atoms with E-state index in [1.54, 1.807) is 27.9 Å². The van der Waals surface area contributed by atoms with Crippen molar-refractivity contribution in [2.75, 3.05) is 19.6 Å². The fourth-order valence-electron chi connectivity index (χ4n) is 2.45. The number of aromatic nitrogens is 3. The average Bonchev–Trinajstić information content (AvgIpc) is 3.16. The second-order valence-electron chi connectivity index (χ2n) is 5.17. The first-order valence-electron chi connectivity index (χ1n) is 6.85. The zero-order chi connectivity index (χ0) is 14.8. The van der Waals surface area contributed by atoms with E-state index in [0.29, 0.717) is 29.7 Å². The molecule has 1 unspecified atom stereocenters. The van der Waals surface area contributed by atoms with Crippen LogP contribution in [0.25, 0.3) is 5.69 Å². The molecule has 2 aromatic rings. The molecule has 1 aliphatic rings. The Balaban J connectivity index is 1.75. The minimum atomic E-state index is -0.0915. The van der Waals surface area contributed by atoms with Crippen LogP contribution in [0.5, 0.6) is 0 Å². The van der Waals surface area contributed by atoms with Crippen molar-refractivity contribution in [3.8, 4) is 5.69 Å². The van der Waals surface area contributed by atoms with Gasteiger partial charge in [-0.1, -0.05) is 16.8 Å². The van der Waals surface area contributed by atoms with Gasteiger partial charge in [0.05, 0.1) is 11.9 Å². The number of nitrogens with zero attached hydrogens (tertiary/aromatic N) is 4. The Bertz CT molecular complexity index is 639. The van der Waals surface area contributed by atoms with Crippen LogP contribution in [0.1, 0.15) is 16.9 Å². The smallest absolute Gasteiger partial charge is 0.276 e. The lowest BCUT2D eigenvalue weighted by atomic mass is 10.1. The highest BCUT2D eigenvalue weighted by Crippen LogP contribution is 2.18. The van der Waals surface area contributed by atoms with Crippen molar-refractivity contribution in [2.45, 2.75) is 6.42 Å². The molecule has 2 heterocycles. The Morgan fingerprint density at radius 1 is 1.38 bits per heavy atom. The van der Waals surface area contributed by atoms with Gasteiger partial charge in [-0.3, -0.25) is 4.79 Å². The number of amides is 1. The van der Waals surface area contributed by atoms with E-state index in [2.05, 4.69) is 10.3 Å². The summed E-state index contributed by atoms with van der Waals surface area (Å²) in [5, 5.41) is 8.62. The molecule has 2 N–H and O–H groups in total. The molecule has 3 rings (SSSR count). The van der Waals surface area contributed by atoms with Crippen LogP contribution in [-0.2, 0) is 0 Å². The molecular formula is C14H16ClN5O. The lowest BCUT2D eigenvalue weighted by Gasteiger charge is -2.13. The first-order valence-corrected chi connectivity index (χ1v) is 7.23. The Morgan fingerprint density at radius 2 is 2.14 bits per heavy atom. The van der Waals surface area contributed by atoms with E-state index in [-0.39, 0.29) is 5.91 Å². The summed E-state index contributed by atoms with van der Waals surface area (Å²) in [5.41, 5.74) is 6.81. The Morgan fingerprint density at radius 3 is 2.81 bits per heavy atom. The molecule has 110 valence electrons. The Hall–Kier alpha value is -1.92. The molecule has 0 saturated carbocycles. The minimum Gasteiger partial charge on any atom is -0.337 e. The predicted octanol–water partition coefficient (Wildman–Crippen LogP) is 1.34. The van der Waals surface area contributed by atoms with Gasteiger partial charge in [0.15, 0.2) is 5.69 Å². The van der Waals surface area contributed by atoms with Crippen LogP contribution in [0.3, 0.4) is 0 Å². The van der Waals surface area contributed by atoms with Gasteiger partial charge in [-0.05, 0) is 43.1 Å². The fraction of sp³-hybridized carbons (Fsp3) is 0.357. The van der Waals surface area contributed by atoms with Gasteiger partial charge < -0.3 is 10.6 Å². The molecule has 1 atom stereocenters. The van der Waals surface area contributed by atoms with Crippen LogP contribution < -0.4 is 5.73 Å². The van der Waals surface area contributed by atoms with Crippen molar-refractivity contribution in [3.05, 3.63) is 41.2 Å². The SMILES string of the molecule is NCC1CCN(C(=O)c2cn(-c3ccc(Cl)cc3)nn2)C1. The summed E-state index contributed by atoms with van der Waals surface area (Å²) < 4.78 is 1.57. The molecular weight excluding hydrogens is 290 g/mol. The number of hydrogen-bond acceptors (Lipinski definition) is 4. The molecule has 1 amide bonds. The molecule has 1 fully saturated rings. The van der Waals surface area contributed by atoms with E-state index in [0.717, 1.165) is 18.7 Å². The molecule has 0 bridgehead atoms. The lowest BCUT2D eigenvalue weighted by Crippen LogP contribution is -2.30. The van der Waals surface area contributed by atoms with E-state index in [1.165, 1.54) is 0 Å². The standard InChI is InChI=1S/C14H16ClN5O/c15-11-1-3-12(4-2-11)20-9-13(17-18-20)14(21)19-6-5-10(7-16)8-19/h1-4,9-10H,5-8,16H2. The monoisotopic (exact) mass is 305 g/mol. The van der Waals surface area contributed by atoms with E-state index in [1.807, 2.05) is 12.1 Å². The second kappa shape index (κ2) is 5.83. The number of rotatable bonds is 3. The van der Waals surface area contributed by atoms with Crippen LogP contribution in [0, 0.1) is 5.92 Å². The molecule has 1 saturated heterocycles. The molecule has 1 aliphatic heterocycles. The summed E-state index contributed by atoms with van der Waals surface area (Å²) in [5.74, 6) is 0.298. The summed E-state index contributed by atoms with van der Waals surface area (Å²) in [6, 6.07) is 7.19. The first-order chi connectivity index (χ1) is 10.2. The second-order valence-corrected chi connectivity index (χ2v) is 5.60. The van der Waals surface area contributed by atoms with E-state index in [4.69, 9.17) is 17.3 Å². The molecule has 0 aliphatic carbocycles.